The number of nitrogens with zero attached hydrogens (tertiary/aromatic N) is 2. The summed E-state index contributed by atoms with van der Waals surface area (Å²) in [6.07, 6.45) is 4.84. The predicted octanol–water partition coefficient (Wildman–Crippen LogP) is 0.734. The Morgan fingerprint density at radius 3 is 3.05 bits per heavy atom. The van der Waals surface area contributed by atoms with Crippen molar-refractivity contribution in [2.24, 2.45) is 7.05 Å². The molecule has 0 aromatic carbocycles. The van der Waals surface area contributed by atoms with Crippen LogP contribution in [0.4, 0.5) is 0 Å². The van der Waals surface area contributed by atoms with Crippen LogP contribution in [0.5, 0.6) is 5.88 Å². The van der Waals surface area contributed by atoms with E-state index in [0.717, 1.165) is 24.7 Å². The van der Waals surface area contributed by atoms with E-state index in [2.05, 4.69) is 5.10 Å². The average molecular weight is 268 g/mol. The lowest BCUT2D eigenvalue weighted by atomic mass is 10.1. The maximum atomic E-state index is 10.4. The first kappa shape index (κ1) is 14.0. The Hall–Kier alpha value is -1.40. The molecular formula is C13H20N2O4. The fourth-order valence-corrected chi connectivity index (χ4v) is 2.15. The minimum atomic E-state index is -0.121. The van der Waals surface area contributed by atoms with Crippen molar-refractivity contribution in [2.75, 3.05) is 20.3 Å². The molecule has 0 radical (unpaired) electrons. The number of hydrogen-bond acceptors (Lipinski definition) is 5. The van der Waals surface area contributed by atoms with E-state index in [0.29, 0.717) is 25.5 Å². The largest absolute Gasteiger partial charge is 0.468 e. The summed E-state index contributed by atoms with van der Waals surface area (Å²) in [6, 6.07) is 0. The van der Waals surface area contributed by atoms with Crippen molar-refractivity contribution in [3.8, 4) is 5.88 Å². The van der Waals surface area contributed by atoms with Gasteiger partial charge in [-0.05, 0) is 12.8 Å². The standard InChI is InChI=1S/C13H20N2O4/c1-15-7-10(5-3-4-6-16)13(14-15)19-12-9-18-8-11(12)17-2/h6-7,11-12H,3-5,8-9H2,1-2H3/t11-,12-/m0/s1. The summed E-state index contributed by atoms with van der Waals surface area (Å²) in [5.74, 6) is 0.617. The normalized spacial score (nSPS) is 22.6. The number of aryl methyl sites for hydroxylation is 2. The molecule has 0 saturated carbocycles. The third-order valence-electron chi connectivity index (χ3n) is 3.18. The quantitative estimate of drug-likeness (QED) is 0.539. The number of unbranched alkanes of at least 4 members (excludes halogenated alkanes) is 1. The summed E-state index contributed by atoms with van der Waals surface area (Å²) in [5.41, 5.74) is 1.02. The second-order valence-corrected chi connectivity index (χ2v) is 4.66. The molecule has 0 unspecified atom stereocenters. The summed E-state index contributed by atoms with van der Waals surface area (Å²) in [5, 5.41) is 4.32. The summed E-state index contributed by atoms with van der Waals surface area (Å²) in [7, 11) is 3.51. The highest BCUT2D eigenvalue weighted by Gasteiger charge is 2.31. The highest BCUT2D eigenvalue weighted by Crippen LogP contribution is 2.22. The minimum absolute atomic E-state index is 0.0511. The van der Waals surface area contributed by atoms with Crippen molar-refractivity contribution in [3.05, 3.63) is 11.8 Å². The lowest BCUT2D eigenvalue weighted by Gasteiger charge is -2.17. The Morgan fingerprint density at radius 2 is 2.32 bits per heavy atom. The Balaban J connectivity index is 2.00. The van der Waals surface area contributed by atoms with Crippen LogP contribution < -0.4 is 4.74 Å². The van der Waals surface area contributed by atoms with Crippen LogP contribution >= 0.6 is 0 Å². The molecule has 1 aromatic rings. The third kappa shape index (κ3) is 3.54. The number of ether oxygens (including phenoxy) is 3. The predicted molar refractivity (Wildman–Crippen MR) is 68.2 cm³/mol. The molecule has 2 rings (SSSR count). The molecular weight excluding hydrogens is 248 g/mol. The average Bonchev–Trinajstić information content (AvgIpc) is 2.97. The van der Waals surface area contributed by atoms with Gasteiger partial charge in [0.2, 0.25) is 5.88 Å². The molecule has 1 aliphatic rings. The van der Waals surface area contributed by atoms with E-state index < -0.39 is 0 Å². The molecule has 1 aliphatic heterocycles. The van der Waals surface area contributed by atoms with Gasteiger partial charge in [-0.25, -0.2) is 0 Å². The van der Waals surface area contributed by atoms with E-state index in [1.807, 2.05) is 13.2 Å². The molecule has 0 spiro atoms. The van der Waals surface area contributed by atoms with Crippen LogP contribution in [-0.2, 0) is 27.7 Å². The molecule has 0 amide bonds. The number of aromatic nitrogens is 2. The zero-order chi connectivity index (χ0) is 13.7. The summed E-state index contributed by atoms with van der Waals surface area (Å²) in [6.45, 7) is 1.07. The molecule has 0 N–H and O–H groups in total. The van der Waals surface area contributed by atoms with Crippen molar-refractivity contribution in [2.45, 2.75) is 31.5 Å². The van der Waals surface area contributed by atoms with Crippen molar-refractivity contribution in [3.63, 3.8) is 0 Å². The van der Waals surface area contributed by atoms with Crippen molar-refractivity contribution in [1.29, 1.82) is 0 Å². The smallest absolute Gasteiger partial charge is 0.236 e. The van der Waals surface area contributed by atoms with Crippen LogP contribution in [0.1, 0.15) is 18.4 Å². The number of carbonyl (C=O) groups is 1. The van der Waals surface area contributed by atoms with Gasteiger partial charge >= 0.3 is 0 Å². The first-order valence-electron chi connectivity index (χ1n) is 6.48. The van der Waals surface area contributed by atoms with Crippen molar-refractivity contribution in [1.82, 2.24) is 9.78 Å². The second-order valence-electron chi connectivity index (χ2n) is 4.66. The number of hydrogen-bond donors (Lipinski definition) is 0. The van der Waals surface area contributed by atoms with Gasteiger partial charge in [-0.1, -0.05) is 0 Å². The van der Waals surface area contributed by atoms with Gasteiger partial charge in [-0.3, -0.25) is 4.68 Å². The summed E-state index contributed by atoms with van der Waals surface area (Å²) >= 11 is 0. The SMILES string of the molecule is CO[C@H]1COC[C@@H]1Oc1nn(C)cc1CCCC=O. The maximum absolute atomic E-state index is 10.4. The van der Waals surface area contributed by atoms with Gasteiger partial charge in [-0.15, -0.1) is 5.10 Å². The van der Waals surface area contributed by atoms with Crippen LogP contribution in [0.3, 0.4) is 0 Å². The van der Waals surface area contributed by atoms with E-state index in [9.17, 15) is 4.79 Å². The summed E-state index contributed by atoms with van der Waals surface area (Å²) in [4.78, 5) is 10.4. The maximum Gasteiger partial charge on any atom is 0.236 e. The van der Waals surface area contributed by atoms with Gasteiger partial charge in [-0.2, -0.15) is 0 Å². The van der Waals surface area contributed by atoms with Gasteiger partial charge in [0.1, 0.15) is 12.4 Å². The molecule has 0 bridgehead atoms. The molecule has 2 heterocycles. The molecule has 106 valence electrons. The van der Waals surface area contributed by atoms with Crippen LogP contribution in [-0.4, -0.2) is 48.6 Å². The number of rotatable bonds is 7. The Morgan fingerprint density at radius 1 is 1.53 bits per heavy atom. The van der Waals surface area contributed by atoms with Gasteiger partial charge in [0, 0.05) is 32.3 Å². The van der Waals surface area contributed by atoms with Gasteiger partial charge in [0.25, 0.3) is 0 Å². The highest BCUT2D eigenvalue weighted by molar-refractivity contribution is 5.49. The molecule has 1 aromatic heterocycles. The monoisotopic (exact) mass is 268 g/mol. The topological polar surface area (TPSA) is 62.6 Å². The highest BCUT2D eigenvalue weighted by atomic mass is 16.6. The number of carbonyl (C=O) groups excluding carboxylic acids is 1. The van der Waals surface area contributed by atoms with Crippen LogP contribution in [0.25, 0.3) is 0 Å². The van der Waals surface area contributed by atoms with Gasteiger partial charge < -0.3 is 19.0 Å². The van der Waals surface area contributed by atoms with Gasteiger partial charge in [0.05, 0.1) is 13.2 Å². The Kier molecular flexibility index (Phi) is 4.93. The summed E-state index contributed by atoms with van der Waals surface area (Å²) < 4.78 is 18.3. The Labute approximate surface area is 112 Å². The fourth-order valence-electron chi connectivity index (χ4n) is 2.15. The lowest BCUT2D eigenvalue weighted by molar-refractivity contribution is -0.107. The van der Waals surface area contributed by atoms with Crippen LogP contribution in [0.2, 0.25) is 0 Å². The van der Waals surface area contributed by atoms with E-state index >= 15 is 0 Å². The van der Waals surface area contributed by atoms with Crippen molar-refractivity contribution >= 4 is 6.29 Å². The molecule has 6 nitrogen and oxygen atoms in total. The molecule has 1 fully saturated rings. The van der Waals surface area contributed by atoms with E-state index in [-0.39, 0.29) is 12.2 Å². The van der Waals surface area contributed by atoms with Crippen molar-refractivity contribution < 1.29 is 19.0 Å². The van der Waals surface area contributed by atoms with Gasteiger partial charge in [0.15, 0.2) is 6.10 Å². The second kappa shape index (κ2) is 6.68. The lowest BCUT2D eigenvalue weighted by Crippen LogP contribution is -2.32. The zero-order valence-electron chi connectivity index (χ0n) is 11.4. The van der Waals surface area contributed by atoms with Crippen LogP contribution in [0, 0.1) is 0 Å². The first-order chi connectivity index (χ1) is 9.24. The molecule has 1 saturated heterocycles. The molecule has 2 atom stereocenters. The van der Waals surface area contributed by atoms with E-state index in [4.69, 9.17) is 14.2 Å². The molecule has 19 heavy (non-hydrogen) atoms. The van der Waals surface area contributed by atoms with Crippen LogP contribution in [0.15, 0.2) is 6.20 Å². The minimum Gasteiger partial charge on any atom is -0.468 e. The fraction of sp³-hybridized carbons (Fsp3) is 0.692. The molecule has 6 heteroatoms. The first-order valence-corrected chi connectivity index (χ1v) is 6.48. The van der Waals surface area contributed by atoms with E-state index in [1.54, 1.807) is 11.8 Å². The number of aldehydes is 1. The van der Waals surface area contributed by atoms with E-state index in [1.165, 1.54) is 0 Å². The Bertz CT molecular complexity index is 419. The zero-order valence-corrected chi connectivity index (χ0v) is 11.4. The number of methoxy groups -OCH3 is 1. The molecule has 0 aliphatic carbocycles. The third-order valence-corrected chi connectivity index (χ3v) is 3.18.